The molecule has 4 heteroatoms. The highest BCUT2D eigenvalue weighted by atomic mass is 19.4. The van der Waals surface area contributed by atoms with Gasteiger partial charge < -0.3 is 0 Å². The highest BCUT2D eigenvalue weighted by molar-refractivity contribution is 5.17. The third-order valence-electron chi connectivity index (χ3n) is 11.2. The largest absolute Gasteiger partial charge is 0.433 e. The topological polar surface area (TPSA) is 12.9 Å². The lowest BCUT2D eigenvalue weighted by Crippen LogP contribution is -2.49. The Hall–Kier alpha value is -1.06. The predicted molar refractivity (Wildman–Crippen MR) is 131 cm³/mol. The van der Waals surface area contributed by atoms with E-state index in [1.165, 1.54) is 76.8 Å². The first-order chi connectivity index (χ1) is 16.2. The molecule has 190 valence electrons. The molecule has 0 saturated heterocycles. The molecular formula is C30H44F3N. The molecule has 0 radical (unpaired) electrons. The summed E-state index contributed by atoms with van der Waals surface area (Å²) in [5.74, 6) is 6.90. The van der Waals surface area contributed by atoms with Crippen molar-refractivity contribution in [3.05, 3.63) is 29.6 Å². The second kappa shape index (κ2) is 9.43. The van der Waals surface area contributed by atoms with E-state index in [9.17, 15) is 13.2 Å². The number of alkyl halides is 3. The second-order valence-electron chi connectivity index (χ2n) is 12.9. The van der Waals surface area contributed by atoms with E-state index in [4.69, 9.17) is 0 Å². The Kier molecular flexibility index (Phi) is 6.83. The monoisotopic (exact) mass is 475 g/mol. The van der Waals surface area contributed by atoms with Crippen LogP contribution in [0.1, 0.15) is 103 Å². The summed E-state index contributed by atoms with van der Waals surface area (Å²) in [7, 11) is 0. The van der Waals surface area contributed by atoms with Gasteiger partial charge in [-0.15, -0.1) is 0 Å². The molecule has 0 aromatic carbocycles. The highest BCUT2D eigenvalue weighted by Gasteiger charge is 2.57. The van der Waals surface area contributed by atoms with Gasteiger partial charge in [0.1, 0.15) is 5.69 Å². The standard InChI is InChI=1S/C30H44F3N/c1-4-5-20-6-9-23-22(17-20)8-10-25-24(23)14-15-29(3)26(11-12-27(25)29)19(2)16-21-7-13-28(34-18-21)30(31,32)33/h7,13,18-20,22-27H,4-6,8-12,14-17H2,1-3H3/t19-,20-,22+,23-,24?,25+,26?,27?,29+/m0/s1. The molecule has 0 N–H and O–H groups in total. The van der Waals surface area contributed by atoms with Gasteiger partial charge in [0.05, 0.1) is 0 Å². The summed E-state index contributed by atoms with van der Waals surface area (Å²) in [6, 6.07) is 2.80. The molecule has 0 spiro atoms. The summed E-state index contributed by atoms with van der Waals surface area (Å²) in [6.07, 6.45) is 13.6. The molecule has 9 atom stereocenters. The minimum atomic E-state index is -4.36. The van der Waals surface area contributed by atoms with E-state index >= 15 is 0 Å². The van der Waals surface area contributed by atoms with Gasteiger partial charge in [-0.1, -0.05) is 46.1 Å². The number of hydrogen-bond donors (Lipinski definition) is 0. The molecule has 4 saturated carbocycles. The summed E-state index contributed by atoms with van der Waals surface area (Å²) in [5, 5.41) is 0. The molecule has 5 rings (SSSR count). The van der Waals surface area contributed by atoms with Crippen molar-refractivity contribution in [3.63, 3.8) is 0 Å². The van der Waals surface area contributed by atoms with E-state index < -0.39 is 11.9 Å². The lowest BCUT2D eigenvalue weighted by molar-refractivity contribution is -0.141. The fourth-order valence-corrected chi connectivity index (χ4v) is 9.82. The number of fused-ring (bicyclic) bond motifs is 5. The Morgan fingerprint density at radius 2 is 1.79 bits per heavy atom. The molecule has 4 fully saturated rings. The average molecular weight is 476 g/mol. The molecule has 0 aliphatic heterocycles. The number of pyridine rings is 1. The summed E-state index contributed by atoms with van der Waals surface area (Å²) in [4.78, 5) is 3.71. The maximum atomic E-state index is 12.9. The zero-order valence-corrected chi connectivity index (χ0v) is 21.4. The van der Waals surface area contributed by atoms with Crippen molar-refractivity contribution in [3.8, 4) is 0 Å². The molecule has 3 unspecified atom stereocenters. The molecule has 1 heterocycles. The normalized spacial score (nSPS) is 40.8. The van der Waals surface area contributed by atoms with Gasteiger partial charge >= 0.3 is 6.18 Å². The second-order valence-corrected chi connectivity index (χ2v) is 12.9. The maximum Gasteiger partial charge on any atom is 0.433 e. The van der Waals surface area contributed by atoms with Gasteiger partial charge in [-0.05, 0) is 122 Å². The van der Waals surface area contributed by atoms with Crippen molar-refractivity contribution in [1.29, 1.82) is 0 Å². The van der Waals surface area contributed by atoms with Crippen LogP contribution >= 0.6 is 0 Å². The molecular weight excluding hydrogens is 431 g/mol. The van der Waals surface area contributed by atoms with Gasteiger partial charge in [0, 0.05) is 6.20 Å². The van der Waals surface area contributed by atoms with E-state index in [0.717, 1.165) is 53.6 Å². The Bertz CT molecular complexity index is 832. The Labute approximate surface area is 204 Å². The van der Waals surface area contributed by atoms with Crippen molar-refractivity contribution >= 4 is 0 Å². The Morgan fingerprint density at radius 3 is 2.50 bits per heavy atom. The quantitative estimate of drug-likeness (QED) is 0.414. The van der Waals surface area contributed by atoms with Crippen LogP contribution in [0, 0.1) is 52.8 Å². The van der Waals surface area contributed by atoms with Crippen LogP contribution in [-0.4, -0.2) is 4.98 Å². The minimum absolute atomic E-state index is 0.409. The molecule has 1 aromatic rings. The van der Waals surface area contributed by atoms with Gasteiger partial charge in [0.15, 0.2) is 0 Å². The Balaban J connectivity index is 1.24. The lowest BCUT2D eigenvalue weighted by Gasteiger charge is -2.57. The van der Waals surface area contributed by atoms with Gasteiger partial charge in [-0.2, -0.15) is 13.2 Å². The summed E-state index contributed by atoms with van der Waals surface area (Å²) < 4.78 is 38.7. The van der Waals surface area contributed by atoms with Crippen molar-refractivity contribution in [2.75, 3.05) is 0 Å². The smallest absolute Gasteiger partial charge is 0.252 e. The van der Waals surface area contributed by atoms with Crippen LogP contribution in [0.25, 0.3) is 0 Å². The predicted octanol–water partition coefficient (Wildman–Crippen LogP) is 8.96. The zero-order valence-electron chi connectivity index (χ0n) is 21.4. The van der Waals surface area contributed by atoms with Crippen molar-refractivity contribution < 1.29 is 13.2 Å². The molecule has 4 aliphatic carbocycles. The van der Waals surface area contributed by atoms with E-state index in [1.807, 2.05) is 0 Å². The van der Waals surface area contributed by atoms with Gasteiger partial charge in [0.2, 0.25) is 0 Å². The molecule has 4 aliphatic rings. The summed E-state index contributed by atoms with van der Waals surface area (Å²) in [5.41, 5.74) is 0.576. The highest BCUT2D eigenvalue weighted by Crippen LogP contribution is 2.65. The van der Waals surface area contributed by atoms with Gasteiger partial charge in [-0.3, -0.25) is 4.98 Å². The lowest BCUT2D eigenvalue weighted by atomic mass is 9.48. The van der Waals surface area contributed by atoms with Crippen molar-refractivity contribution in [2.24, 2.45) is 52.8 Å². The Morgan fingerprint density at radius 1 is 1.00 bits per heavy atom. The van der Waals surface area contributed by atoms with Crippen LogP contribution in [-0.2, 0) is 12.6 Å². The maximum absolute atomic E-state index is 12.9. The molecule has 1 aromatic heterocycles. The van der Waals surface area contributed by atoms with Crippen LogP contribution in [0.5, 0.6) is 0 Å². The first kappa shape index (κ1) is 24.6. The molecule has 1 nitrogen and oxygen atoms in total. The fraction of sp³-hybridized carbons (Fsp3) is 0.833. The van der Waals surface area contributed by atoms with E-state index in [0.29, 0.717) is 17.3 Å². The number of nitrogens with zero attached hydrogens (tertiary/aromatic N) is 1. The first-order valence-corrected chi connectivity index (χ1v) is 14.2. The number of rotatable bonds is 5. The average Bonchev–Trinajstić information content (AvgIpc) is 3.16. The van der Waals surface area contributed by atoms with Crippen molar-refractivity contribution in [2.45, 2.75) is 104 Å². The number of aromatic nitrogens is 1. The first-order valence-electron chi connectivity index (χ1n) is 14.2. The van der Waals surface area contributed by atoms with Gasteiger partial charge in [0.25, 0.3) is 0 Å². The van der Waals surface area contributed by atoms with Crippen molar-refractivity contribution in [1.82, 2.24) is 4.98 Å². The zero-order chi connectivity index (χ0) is 24.1. The summed E-state index contributed by atoms with van der Waals surface area (Å²) in [6.45, 7) is 7.27. The van der Waals surface area contributed by atoms with Crippen LogP contribution in [0.15, 0.2) is 18.3 Å². The van der Waals surface area contributed by atoms with Crippen LogP contribution in [0.2, 0.25) is 0 Å². The van der Waals surface area contributed by atoms with Crippen LogP contribution in [0.4, 0.5) is 13.2 Å². The van der Waals surface area contributed by atoms with E-state index in [-0.39, 0.29) is 0 Å². The third-order valence-corrected chi connectivity index (χ3v) is 11.2. The number of hydrogen-bond acceptors (Lipinski definition) is 1. The van der Waals surface area contributed by atoms with Gasteiger partial charge in [-0.25, -0.2) is 0 Å². The molecule has 34 heavy (non-hydrogen) atoms. The van der Waals surface area contributed by atoms with Crippen LogP contribution in [0.3, 0.4) is 0 Å². The van der Waals surface area contributed by atoms with Crippen LogP contribution < -0.4 is 0 Å². The third kappa shape index (κ3) is 4.45. The minimum Gasteiger partial charge on any atom is -0.252 e. The summed E-state index contributed by atoms with van der Waals surface area (Å²) >= 11 is 0. The molecule has 0 amide bonds. The van der Waals surface area contributed by atoms with E-state index in [1.54, 1.807) is 6.07 Å². The SMILES string of the molecule is CCC[C@H]1CC[C@@H]2C3CC[C@@]4(C)C(CCC4[C@@H](C)Cc4ccc(C(F)(F)F)nc4)[C@@H]3CC[C@@H]2C1. The van der Waals surface area contributed by atoms with E-state index in [2.05, 4.69) is 25.8 Å². The number of halogens is 3. The fourth-order valence-electron chi connectivity index (χ4n) is 9.82. The molecule has 0 bridgehead atoms.